The van der Waals surface area contributed by atoms with Gasteiger partial charge >= 0.3 is 0 Å². The third-order valence-electron chi connectivity index (χ3n) is 5.09. The summed E-state index contributed by atoms with van der Waals surface area (Å²) >= 11 is 0. The molecule has 1 saturated carbocycles. The van der Waals surface area contributed by atoms with E-state index in [2.05, 4.69) is 20.8 Å². The molecule has 0 aliphatic heterocycles. The number of rotatable bonds is 2. The molecule has 2 rings (SSSR count). The molecule has 4 atom stereocenters. The van der Waals surface area contributed by atoms with Crippen molar-refractivity contribution in [2.75, 3.05) is 13.2 Å². The second-order valence-electron chi connectivity index (χ2n) is 6.77. The third kappa shape index (κ3) is 2.13. The first kappa shape index (κ1) is 14.0. The van der Waals surface area contributed by atoms with Crippen LogP contribution in [0.15, 0.2) is 11.1 Å². The van der Waals surface area contributed by atoms with E-state index < -0.39 is 6.10 Å². The lowest BCUT2D eigenvalue weighted by molar-refractivity contribution is 0.100. The highest BCUT2D eigenvalue weighted by molar-refractivity contribution is 5.32. The quantitative estimate of drug-likeness (QED) is 0.658. The van der Waals surface area contributed by atoms with Crippen LogP contribution in [-0.2, 0) is 0 Å². The van der Waals surface area contributed by atoms with Crippen molar-refractivity contribution in [2.45, 2.75) is 46.1 Å². The standard InChI is InChI=1S/C15H26O3/c1-9-4-5-10(7-16)12(8-17)13-11(9)6-15(2,3)14(13)18/h9-11,14,16-18H,4-8H2,1-3H3/t9-,10+,11-,14+/m1/s1. The minimum atomic E-state index is -0.473. The van der Waals surface area contributed by atoms with Gasteiger partial charge in [0.15, 0.2) is 0 Å². The monoisotopic (exact) mass is 254 g/mol. The summed E-state index contributed by atoms with van der Waals surface area (Å²) in [5.41, 5.74) is 1.82. The van der Waals surface area contributed by atoms with E-state index in [-0.39, 0.29) is 24.5 Å². The van der Waals surface area contributed by atoms with Crippen molar-refractivity contribution in [3.8, 4) is 0 Å². The van der Waals surface area contributed by atoms with E-state index in [1.165, 1.54) is 0 Å². The second kappa shape index (κ2) is 4.95. The molecular weight excluding hydrogens is 228 g/mol. The third-order valence-corrected chi connectivity index (χ3v) is 5.09. The average Bonchev–Trinajstić information content (AvgIpc) is 2.49. The van der Waals surface area contributed by atoms with Gasteiger partial charge in [-0.25, -0.2) is 0 Å². The number of hydrogen-bond donors (Lipinski definition) is 3. The molecule has 3 N–H and O–H groups in total. The Bertz CT molecular complexity index is 346. The van der Waals surface area contributed by atoms with Crippen LogP contribution in [0.25, 0.3) is 0 Å². The van der Waals surface area contributed by atoms with Crippen molar-refractivity contribution in [3.05, 3.63) is 11.1 Å². The van der Waals surface area contributed by atoms with Gasteiger partial charge in [-0.1, -0.05) is 20.8 Å². The van der Waals surface area contributed by atoms with Gasteiger partial charge < -0.3 is 15.3 Å². The van der Waals surface area contributed by atoms with Gasteiger partial charge in [-0.05, 0) is 47.7 Å². The second-order valence-corrected chi connectivity index (χ2v) is 6.77. The fourth-order valence-electron chi connectivity index (χ4n) is 3.83. The maximum absolute atomic E-state index is 10.6. The van der Waals surface area contributed by atoms with Crippen molar-refractivity contribution < 1.29 is 15.3 Å². The van der Waals surface area contributed by atoms with Crippen molar-refractivity contribution in [1.82, 2.24) is 0 Å². The first-order valence-electron chi connectivity index (χ1n) is 7.05. The molecule has 2 aliphatic carbocycles. The highest BCUT2D eigenvalue weighted by Gasteiger charge is 2.48. The molecular formula is C15H26O3. The van der Waals surface area contributed by atoms with E-state index in [1.807, 2.05) is 0 Å². The van der Waals surface area contributed by atoms with Gasteiger partial charge in [-0.2, -0.15) is 0 Å². The molecule has 3 heteroatoms. The van der Waals surface area contributed by atoms with Crippen molar-refractivity contribution in [2.24, 2.45) is 23.2 Å². The zero-order valence-corrected chi connectivity index (χ0v) is 11.7. The minimum Gasteiger partial charge on any atom is -0.396 e. The molecule has 0 amide bonds. The fourth-order valence-corrected chi connectivity index (χ4v) is 3.83. The van der Waals surface area contributed by atoms with Gasteiger partial charge in [0, 0.05) is 12.5 Å². The van der Waals surface area contributed by atoms with Crippen LogP contribution in [0, 0.1) is 23.2 Å². The van der Waals surface area contributed by atoms with Crippen LogP contribution >= 0.6 is 0 Å². The van der Waals surface area contributed by atoms with E-state index >= 15 is 0 Å². The summed E-state index contributed by atoms with van der Waals surface area (Å²) < 4.78 is 0. The van der Waals surface area contributed by atoms with Gasteiger partial charge in [0.2, 0.25) is 0 Å². The number of hydrogen-bond acceptors (Lipinski definition) is 3. The molecule has 0 aromatic rings. The number of fused-ring (bicyclic) bond motifs is 1. The number of aliphatic hydroxyl groups excluding tert-OH is 3. The first-order chi connectivity index (χ1) is 8.42. The van der Waals surface area contributed by atoms with Gasteiger partial charge in [-0.15, -0.1) is 0 Å². The van der Waals surface area contributed by atoms with E-state index in [0.29, 0.717) is 11.8 Å². The summed E-state index contributed by atoms with van der Waals surface area (Å²) in [4.78, 5) is 0. The van der Waals surface area contributed by atoms with Crippen LogP contribution in [0.2, 0.25) is 0 Å². The van der Waals surface area contributed by atoms with Crippen molar-refractivity contribution in [3.63, 3.8) is 0 Å². The van der Waals surface area contributed by atoms with Crippen LogP contribution in [0.3, 0.4) is 0 Å². The van der Waals surface area contributed by atoms with E-state index in [1.54, 1.807) is 0 Å². The summed E-state index contributed by atoms with van der Waals surface area (Å²) in [6.45, 7) is 6.46. The van der Waals surface area contributed by atoms with Crippen molar-refractivity contribution >= 4 is 0 Å². The van der Waals surface area contributed by atoms with E-state index in [0.717, 1.165) is 30.4 Å². The lowest BCUT2D eigenvalue weighted by atomic mass is 9.84. The summed E-state index contributed by atoms with van der Waals surface area (Å²) in [6.07, 6.45) is 2.48. The highest BCUT2D eigenvalue weighted by Crippen LogP contribution is 2.52. The SMILES string of the molecule is C[C@@H]1CC[C@@H](CO)C(CO)=C2[C@@H]1CC(C)(C)[C@H]2O. The van der Waals surface area contributed by atoms with E-state index in [9.17, 15) is 15.3 Å². The van der Waals surface area contributed by atoms with Gasteiger partial charge in [-0.3, -0.25) is 0 Å². The van der Waals surface area contributed by atoms with Crippen LogP contribution in [0.5, 0.6) is 0 Å². The molecule has 0 radical (unpaired) electrons. The molecule has 0 unspecified atom stereocenters. The maximum Gasteiger partial charge on any atom is 0.0807 e. The number of aliphatic hydroxyl groups is 3. The molecule has 3 nitrogen and oxygen atoms in total. The predicted octanol–water partition coefficient (Wildman–Crippen LogP) is 1.72. The molecule has 104 valence electrons. The molecule has 0 aromatic heterocycles. The molecule has 0 saturated heterocycles. The van der Waals surface area contributed by atoms with Crippen LogP contribution < -0.4 is 0 Å². The Morgan fingerprint density at radius 1 is 1.22 bits per heavy atom. The van der Waals surface area contributed by atoms with Gasteiger partial charge in [0.05, 0.1) is 12.7 Å². The predicted molar refractivity (Wildman–Crippen MR) is 71.0 cm³/mol. The molecule has 0 bridgehead atoms. The summed E-state index contributed by atoms with van der Waals surface area (Å²) in [5.74, 6) is 0.921. The largest absolute Gasteiger partial charge is 0.396 e. The summed E-state index contributed by atoms with van der Waals surface area (Å²) in [5, 5.41) is 29.7. The smallest absolute Gasteiger partial charge is 0.0807 e. The van der Waals surface area contributed by atoms with E-state index in [4.69, 9.17) is 0 Å². The van der Waals surface area contributed by atoms with Gasteiger partial charge in [0.25, 0.3) is 0 Å². The Hall–Kier alpha value is -0.380. The van der Waals surface area contributed by atoms with Crippen LogP contribution in [0.4, 0.5) is 0 Å². The first-order valence-corrected chi connectivity index (χ1v) is 7.05. The van der Waals surface area contributed by atoms with Crippen LogP contribution in [-0.4, -0.2) is 34.6 Å². The summed E-state index contributed by atoms with van der Waals surface area (Å²) in [7, 11) is 0. The molecule has 0 heterocycles. The average molecular weight is 254 g/mol. The lowest BCUT2D eigenvalue weighted by Crippen LogP contribution is -2.26. The highest BCUT2D eigenvalue weighted by atomic mass is 16.3. The molecule has 1 fully saturated rings. The molecule has 0 spiro atoms. The Morgan fingerprint density at radius 2 is 1.89 bits per heavy atom. The fraction of sp³-hybridized carbons (Fsp3) is 0.867. The topological polar surface area (TPSA) is 60.7 Å². The minimum absolute atomic E-state index is 0.0287. The normalized spacial score (nSPS) is 39.7. The van der Waals surface area contributed by atoms with Gasteiger partial charge in [0.1, 0.15) is 0 Å². The Balaban J connectivity index is 2.48. The zero-order chi connectivity index (χ0) is 13.5. The summed E-state index contributed by atoms with van der Waals surface area (Å²) in [6, 6.07) is 0. The maximum atomic E-state index is 10.6. The van der Waals surface area contributed by atoms with Crippen LogP contribution in [0.1, 0.15) is 40.0 Å². The molecule has 0 aromatic carbocycles. The molecule has 2 aliphatic rings. The Labute approximate surface area is 110 Å². The Kier molecular flexibility index (Phi) is 3.86. The Morgan fingerprint density at radius 3 is 2.44 bits per heavy atom. The van der Waals surface area contributed by atoms with Crippen molar-refractivity contribution in [1.29, 1.82) is 0 Å². The zero-order valence-electron chi connectivity index (χ0n) is 11.7. The lowest BCUT2D eigenvalue weighted by Gasteiger charge is -2.25. The molecule has 18 heavy (non-hydrogen) atoms.